The van der Waals surface area contributed by atoms with Crippen molar-refractivity contribution in [1.29, 1.82) is 0 Å². The van der Waals surface area contributed by atoms with Gasteiger partial charge in [-0.15, -0.1) is 12.6 Å². The minimum Gasteiger partial charge on any atom is -0.385 e. The quantitative estimate of drug-likeness (QED) is 0.764. The number of fused-ring (bicyclic) bond motifs is 1. The van der Waals surface area contributed by atoms with E-state index >= 15 is 0 Å². The fourth-order valence-electron chi connectivity index (χ4n) is 1.96. The summed E-state index contributed by atoms with van der Waals surface area (Å²) in [6.45, 7) is 5.08. The van der Waals surface area contributed by atoms with Crippen LogP contribution >= 0.6 is 12.6 Å². The Morgan fingerprint density at radius 1 is 1.47 bits per heavy atom. The second-order valence-corrected chi connectivity index (χ2v) is 3.96. The zero-order chi connectivity index (χ0) is 11.0. The highest BCUT2D eigenvalue weighted by Crippen LogP contribution is 2.30. The van der Waals surface area contributed by atoms with Crippen molar-refractivity contribution >= 4 is 29.3 Å². The molecule has 4 heteroatoms. The third-order valence-corrected chi connectivity index (χ3v) is 3.02. The van der Waals surface area contributed by atoms with Crippen molar-refractivity contribution in [2.24, 2.45) is 0 Å². The average Bonchev–Trinajstić information content (AvgIpc) is 2.54. The minimum atomic E-state index is 0.925. The molecule has 80 valence electrons. The van der Waals surface area contributed by atoms with Crippen LogP contribution in [0.1, 0.15) is 12.7 Å². The molecule has 1 N–H and O–H groups in total. The van der Waals surface area contributed by atoms with Gasteiger partial charge in [-0.3, -0.25) is 0 Å². The average molecular weight is 221 g/mol. The van der Waals surface area contributed by atoms with Gasteiger partial charge >= 0.3 is 0 Å². The van der Waals surface area contributed by atoms with Crippen molar-refractivity contribution in [2.45, 2.75) is 25.3 Å². The molecule has 0 aliphatic carbocycles. The van der Waals surface area contributed by atoms with Gasteiger partial charge in [-0.25, -0.2) is 4.98 Å². The topological polar surface area (TPSA) is 29.9 Å². The summed E-state index contributed by atoms with van der Waals surface area (Å²) < 4.78 is 2.20. The fraction of sp³-hybridized carbons (Fsp3) is 0.364. The first-order chi connectivity index (χ1) is 7.19. The Bertz CT molecular complexity index is 502. The molecule has 0 spiro atoms. The number of benzene rings is 1. The maximum absolute atomic E-state index is 4.52. The largest absolute Gasteiger partial charge is 0.385 e. The zero-order valence-corrected chi connectivity index (χ0v) is 10.1. The van der Waals surface area contributed by atoms with E-state index in [1.807, 2.05) is 26.1 Å². The van der Waals surface area contributed by atoms with Crippen molar-refractivity contribution in [3.63, 3.8) is 0 Å². The second-order valence-electron chi connectivity index (χ2n) is 3.48. The molecular formula is C11H15N3S. The van der Waals surface area contributed by atoms with Crippen molar-refractivity contribution < 1.29 is 0 Å². The number of aromatic nitrogens is 2. The normalized spacial score (nSPS) is 10.9. The third-order valence-electron chi connectivity index (χ3n) is 2.64. The molecule has 3 nitrogen and oxygen atoms in total. The van der Waals surface area contributed by atoms with Crippen LogP contribution in [0, 0.1) is 6.92 Å². The van der Waals surface area contributed by atoms with Gasteiger partial charge in [0.2, 0.25) is 0 Å². The molecule has 0 fully saturated rings. The van der Waals surface area contributed by atoms with Crippen molar-refractivity contribution in [1.82, 2.24) is 9.55 Å². The lowest BCUT2D eigenvalue weighted by Crippen LogP contribution is -2.00. The predicted octanol–water partition coefficient (Wildman–Crippen LogP) is 2.70. The first-order valence-corrected chi connectivity index (χ1v) is 5.50. The smallest absolute Gasteiger partial charge is 0.106 e. The molecule has 0 saturated carbocycles. The molecule has 1 aromatic heterocycles. The van der Waals surface area contributed by atoms with Gasteiger partial charge in [0, 0.05) is 18.5 Å². The number of nitrogens with one attached hydrogen (secondary N) is 1. The number of aryl methyl sites for hydroxylation is 2. The Labute approximate surface area is 94.9 Å². The molecule has 1 heterocycles. The number of hydrogen-bond acceptors (Lipinski definition) is 3. The predicted molar refractivity (Wildman–Crippen MR) is 66.9 cm³/mol. The van der Waals surface area contributed by atoms with Gasteiger partial charge in [0.25, 0.3) is 0 Å². The SMILES string of the molecule is CCn1c(C)nc2ccc(S)c(NC)c21. The van der Waals surface area contributed by atoms with Crippen LogP contribution in [0.4, 0.5) is 5.69 Å². The van der Waals surface area contributed by atoms with E-state index in [4.69, 9.17) is 0 Å². The summed E-state index contributed by atoms with van der Waals surface area (Å²) in [7, 11) is 1.91. The summed E-state index contributed by atoms with van der Waals surface area (Å²) in [5.74, 6) is 1.04. The molecule has 0 bridgehead atoms. The van der Waals surface area contributed by atoms with Gasteiger partial charge in [-0.05, 0) is 26.0 Å². The van der Waals surface area contributed by atoms with Gasteiger partial charge in [-0.2, -0.15) is 0 Å². The van der Waals surface area contributed by atoms with E-state index in [0.717, 1.165) is 34.0 Å². The van der Waals surface area contributed by atoms with Crippen LogP contribution in [0.3, 0.4) is 0 Å². The molecule has 2 rings (SSSR count). The van der Waals surface area contributed by atoms with Gasteiger partial charge in [-0.1, -0.05) is 0 Å². The number of anilines is 1. The van der Waals surface area contributed by atoms with E-state index in [0.29, 0.717) is 0 Å². The molecule has 0 unspecified atom stereocenters. The van der Waals surface area contributed by atoms with Gasteiger partial charge < -0.3 is 9.88 Å². The zero-order valence-electron chi connectivity index (χ0n) is 9.20. The van der Waals surface area contributed by atoms with Crippen LogP contribution in [0.25, 0.3) is 11.0 Å². The van der Waals surface area contributed by atoms with Crippen LogP contribution in [0.5, 0.6) is 0 Å². The lowest BCUT2D eigenvalue weighted by molar-refractivity contribution is 0.753. The number of hydrogen-bond donors (Lipinski definition) is 2. The Kier molecular flexibility index (Phi) is 2.61. The van der Waals surface area contributed by atoms with Crippen molar-refractivity contribution in [2.75, 3.05) is 12.4 Å². The van der Waals surface area contributed by atoms with Crippen LogP contribution in [0.2, 0.25) is 0 Å². The van der Waals surface area contributed by atoms with Crippen molar-refractivity contribution in [3.05, 3.63) is 18.0 Å². The van der Waals surface area contributed by atoms with E-state index in [1.165, 1.54) is 0 Å². The third kappa shape index (κ3) is 1.49. The summed E-state index contributed by atoms with van der Waals surface area (Å²) in [6, 6.07) is 3.99. The lowest BCUT2D eigenvalue weighted by Gasteiger charge is -2.09. The lowest BCUT2D eigenvalue weighted by atomic mass is 10.2. The Morgan fingerprint density at radius 3 is 2.80 bits per heavy atom. The molecule has 1 aromatic carbocycles. The minimum absolute atomic E-state index is 0.925. The first kappa shape index (κ1) is 10.4. The summed E-state index contributed by atoms with van der Waals surface area (Å²) in [5.41, 5.74) is 3.22. The highest BCUT2D eigenvalue weighted by Gasteiger charge is 2.11. The number of rotatable bonds is 2. The van der Waals surface area contributed by atoms with E-state index in [9.17, 15) is 0 Å². The monoisotopic (exact) mass is 221 g/mol. The van der Waals surface area contributed by atoms with Crippen LogP contribution < -0.4 is 5.32 Å². The van der Waals surface area contributed by atoms with Crippen LogP contribution in [-0.4, -0.2) is 16.6 Å². The maximum atomic E-state index is 4.52. The number of nitrogens with zero attached hydrogens (tertiary/aromatic N) is 2. The van der Waals surface area contributed by atoms with Gasteiger partial charge in [0.1, 0.15) is 5.82 Å². The van der Waals surface area contributed by atoms with Crippen molar-refractivity contribution in [3.8, 4) is 0 Å². The molecule has 0 aliphatic heterocycles. The van der Waals surface area contributed by atoms with E-state index in [1.54, 1.807) is 0 Å². The summed E-state index contributed by atoms with van der Waals surface area (Å²) in [5, 5.41) is 3.19. The molecule has 0 amide bonds. The van der Waals surface area contributed by atoms with Crippen LogP contribution in [-0.2, 0) is 6.54 Å². The molecular weight excluding hydrogens is 206 g/mol. The van der Waals surface area contributed by atoms with E-state index in [2.05, 4.69) is 34.4 Å². The molecule has 0 atom stereocenters. The molecule has 15 heavy (non-hydrogen) atoms. The number of thiol groups is 1. The molecule has 0 saturated heterocycles. The van der Waals surface area contributed by atoms with E-state index in [-0.39, 0.29) is 0 Å². The highest BCUT2D eigenvalue weighted by atomic mass is 32.1. The molecule has 0 radical (unpaired) electrons. The maximum Gasteiger partial charge on any atom is 0.106 e. The standard InChI is InChI=1S/C11H15N3S/c1-4-14-7(2)13-8-5-6-9(15)10(12-3)11(8)14/h5-6,12,15H,4H2,1-3H3. The van der Waals surface area contributed by atoms with Crippen LogP contribution in [0.15, 0.2) is 17.0 Å². The Hall–Kier alpha value is -1.16. The summed E-state index contributed by atoms with van der Waals surface area (Å²) >= 11 is 4.45. The van der Waals surface area contributed by atoms with Gasteiger partial charge in [0.05, 0.1) is 16.7 Å². The summed E-state index contributed by atoms with van der Waals surface area (Å²) in [6.07, 6.45) is 0. The van der Waals surface area contributed by atoms with Gasteiger partial charge in [0.15, 0.2) is 0 Å². The number of imidazole rings is 1. The Morgan fingerprint density at radius 2 is 2.20 bits per heavy atom. The molecule has 0 aliphatic rings. The second kappa shape index (κ2) is 3.77. The Balaban J connectivity index is 2.87. The fourth-order valence-corrected chi connectivity index (χ4v) is 2.26. The molecule has 2 aromatic rings. The first-order valence-electron chi connectivity index (χ1n) is 5.05. The van der Waals surface area contributed by atoms with E-state index < -0.39 is 0 Å². The highest BCUT2D eigenvalue weighted by molar-refractivity contribution is 7.80. The summed E-state index contributed by atoms with van der Waals surface area (Å²) in [4.78, 5) is 5.48.